The van der Waals surface area contributed by atoms with Crippen LogP contribution in [0.2, 0.25) is 329 Å². The van der Waals surface area contributed by atoms with Crippen LogP contribution in [-0.2, 0) is 85.0 Å². The number of amides is 2. The van der Waals surface area contributed by atoms with Crippen molar-refractivity contribution in [3.8, 4) is 0 Å². The Labute approximate surface area is 969 Å². The number of rotatable bonds is 69. The first-order valence-electron chi connectivity index (χ1n) is 49.8. The van der Waals surface area contributed by atoms with Crippen molar-refractivity contribution in [2.75, 3.05) is 26.2 Å². The molecular formula is C83H218Cl4Li2N4O27Si26-2. The summed E-state index contributed by atoms with van der Waals surface area (Å²) >= 11 is 22.3. The van der Waals surface area contributed by atoms with Crippen molar-refractivity contribution in [1.82, 2.24) is 19.1 Å². The molecule has 0 aromatic heterocycles. The number of Topliss-reactive ketones (excluding diaryl/α,β-unsaturated/α-hetero) is 2. The summed E-state index contributed by atoms with van der Waals surface area (Å²) in [5.41, 5.74) is 1.95. The average Bonchev–Trinajstić information content (AvgIpc) is 0.763. The van der Waals surface area contributed by atoms with Gasteiger partial charge in [0.05, 0.1) is 8.56 Å². The molecule has 868 valence electrons. The maximum Gasteiger partial charge on any atom is 1.00 e. The van der Waals surface area contributed by atoms with E-state index in [4.69, 9.17) is 110 Å². The molecule has 9 N–H and O–H groups in total. The zero-order valence-electron chi connectivity index (χ0n) is 102. The Hall–Kier alpha value is 4.23. The van der Waals surface area contributed by atoms with E-state index >= 15 is 0 Å². The van der Waals surface area contributed by atoms with Gasteiger partial charge in [-0.25, -0.2) is 0 Å². The molecule has 0 fully saturated rings. The Morgan fingerprint density at radius 1 is 0.363 bits per heavy atom. The van der Waals surface area contributed by atoms with Gasteiger partial charge in [-0.05, 0) is 284 Å². The maximum absolute atomic E-state index is 12.4. The molecular weight excluding hydrogens is 2370 g/mol. The number of unbranched alkanes of at least 4 members (excludes halogenated alkanes) is 2. The van der Waals surface area contributed by atoms with Gasteiger partial charge in [0, 0.05) is 61.5 Å². The second kappa shape index (κ2) is 70.8. The van der Waals surface area contributed by atoms with E-state index in [1.54, 1.807) is 86.6 Å². The molecule has 146 heavy (non-hydrogen) atoms. The first-order chi connectivity index (χ1) is 61.7. The van der Waals surface area contributed by atoms with Gasteiger partial charge in [-0.3, -0.25) is 19.2 Å². The van der Waals surface area contributed by atoms with Crippen LogP contribution in [0.4, 0.5) is 0 Å². The standard InChI is InChI=1S/C53H126N2O20Si16.C15H42NO3Si5.C11H30NOSi3.C2H6Cl4OSi2.2CH4.2Li.2H2O.2H/c1-45(2)49(56)37-31-33-43-80(11,12)65-82(15,16)67-84(19,20)71-90(29,73-86(23,24)69-88(27,53(76-60)77-61)63-78(9)41-35-39-54-51(58)47(5)6)75-91(30,74-87(25,26)70-89(28,62)64-79(10)42-36-40-55-52(59)48(7)8)72-85(21,22)68-83(17,18)66-81(13,14)44-34-32-38-50(57)46(3)4;1-20(2,3)16(21(4,5)6)14-13-15-22(7,8)18-24(11,12)19-23(9,10)17;1-14(2,3)12(15(4,5)6)10-9-11-16(7,8)13;1-8(3,4)7-9(2,5)6;;;;;;;;/h53,60-62,78-79H,1,3,5,7,31-44,76-77H2,2,4,6,8-30H3,(H,54,58)(H,55,59);13-15H2,1-12H3;9-11H2,1-8H3;1-2H3;2*1H4;;;2*1H2;;/q;2*-1;;;;2*+1;;;2*-1. The summed E-state index contributed by atoms with van der Waals surface area (Å²) in [6.45, 7) is 111. The third kappa shape index (κ3) is 87.0. The maximum atomic E-state index is 12.4. The molecule has 0 saturated carbocycles. The molecule has 0 aliphatic rings. The van der Waals surface area contributed by atoms with Crippen LogP contribution in [0.15, 0.2) is 48.6 Å². The number of hydrogen-bond acceptors (Lipinski definition) is 27. The fraction of sp³-hybridized carbons (Fsp3) is 0.855. The summed E-state index contributed by atoms with van der Waals surface area (Å²) in [6.07, 6.45) is 7.54. The number of carbonyl (C=O) groups excluding carboxylic acids is 4. The van der Waals surface area contributed by atoms with Gasteiger partial charge in [0.2, 0.25) is 11.8 Å². The van der Waals surface area contributed by atoms with Gasteiger partial charge in [0.15, 0.2) is 74.1 Å². The van der Waals surface area contributed by atoms with Gasteiger partial charge in [0.25, 0.3) is 0 Å². The van der Waals surface area contributed by atoms with E-state index in [0.29, 0.717) is 73.2 Å². The van der Waals surface area contributed by atoms with Crippen LogP contribution in [0.5, 0.6) is 0 Å². The fourth-order valence-electron chi connectivity index (χ4n) is 17.3. The summed E-state index contributed by atoms with van der Waals surface area (Å²) in [6, 6.07) is 5.02. The predicted octanol–water partition coefficient (Wildman–Crippen LogP) is 13.7. The van der Waals surface area contributed by atoms with Gasteiger partial charge in [-0.15, -0.1) is 44.3 Å². The molecule has 6 atom stereocenters. The van der Waals surface area contributed by atoms with Crippen LogP contribution < -0.4 is 57.9 Å². The number of halogens is 4. The number of hydrogen-bond donors (Lipinski definition) is 5. The summed E-state index contributed by atoms with van der Waals surface area (Å²) in [5, 5.41) is 5.75. The molecule has 0 bridgehead atoms. The molecule has 63 heteroatoms. The van der Waals surface area contributed by atoms with E-state index in [1.165, 1.54) is 13.0 Å². The molecule has 0 spiro atoms. The molecule has 31 nitrogen and oxygen atoms in total. The van der Waals surface area contributed by atoms with Crippen LogP contribution in [0.25, 0.3) is 0 Å². The van der Waals surface area contributed by atoms with Crippen LogP contribution in [0.3, 0.4) is 0 Å². The van der Waals surface area contributed by atoms with Gasteiger partial charge >= 0.3 is 146 Å². The van der Waals surface area contributed by atoms with Crippen molar-refractivity contribution in [3.05, 3.63) is 48.6 Å². The van der Waals surface area contributed by atoms with Crippen molar-refractivity contribution in [1.29, 1.82) is 0 Å². The van der Waals surface area contributed by atoms with Crippen LogP contribution in [0, 0.1) is 0 Å². The Bertz CT molecular complexity index is 3770. The molecule has 0 heterocycles. The first kappa shape index (κ1) is 170. The van der Waals surface area contributed by atoms with Crippen LogP contribution in [0.1, 0.15) is 110 Å². The van der Waals surface area contributed by atoms with Crippen molar-refractivity contribution < 1.29 is 161 Å². The number of ketones is 2. The Morgan fingerprint density at radius 3 is 0.877 bits per heavy atom. The zero-order chi connectivity index (χ0) is 112. The summed E-state index contributed by atoms with van der Waals surface area (Å²) in [7, 11) is -62.7. The smallest absolute Gasteiger partial charge is 1.00 e. The molecule has 0 rings (SSSR count). The van der Waals surface area contributed by atoms with E-state index in [2.05, 4.69) is 170 Å². The Morgan fingerprint density at radius 2 is 0.623 bits per heavy atom. The number of carbonyl (C=O) groups is 4. The molecule has 0 aromatic carbocycles. The van der Waals surface area contributed by atoms with E-state index in [0.717, 1.165) is 62.8 Å². The van der Waals surface area contributed by atoms with Crippen LogP contribution in [-0.4, -0.2) is 305 Å². The molecule has 0 aliphatic heterocycles. The van der Waals surface area contributed by atoms with Crippen molar-refractivity contribution in [2.45, 2.75) is 436 Å². The average molecular weight is 2590 g/mol. The SMILES string of the molecule is C.C.C=C(C)C(=O)CCCC[Si](C)(C)O[Si](C)(C)O[Si](C)(C)O[Si](C)(O[Si](C)(C)O[Si](C)(O)O[SiH](C)CCCNC(=O)C(=C)C)O[Si](C)(O[Si](C)(C)O[Si](C)(C)O[Si](C)(C)CCCCC(=O)C(=C)C)O[Si](C)(C)O[Si](C)(O[SiH](C)CCCNC(=O)C(=C)C)C([SiH2]O)[SiH2]O.C[Si](C)([O-])CCCN([Si](C)(C)C)[Si](C)(C)C.C[Si](C)([O-])O[Si](C)(C)O[Si](C)(C)CCCN([Si](C)(C)C)[Si](C)(C)C.C[Si](Cl)(Cl)O[Si](C)(Cl)Cl.O.O.[H-].[H-].[Li+].[Li+]. The topological polar surface area (TPSA) is 416 Å². The van der Waals surface area contributed by atoms with E-state index in [-0.39, 0.29) is 89.8 Å². The quantitative estimate of drug-likeness (QED) is 0.0163. The van der Waals surface area contributed by atoms with Crippen molar-refractivity contribution in [2.24, 2.45) is 0 Å². The monoisotopic (exact) mass is 2580 g/mol. The fourth-order valence-corrected chi connectivity index (χ4v) is 131. The second-order valence-electron chi connectivity index (χ2n) is 48.2. The minimum Gasteiger partial charge on any atom is -1.00 e. The Balaban J connectivity index is -0.000000263. The molecule has 2 amide bonds. The third-order valence-corrected chi connectivity index (χ3v) is 115. The molecule has 6 unspecified atom stereocenters. The normalized spacial score (nSPS) is 15.7. The minimum absolute atomic E-state index is 0. The van der Waals surface area contributed by atoms with Gasteiger partial charge in [-0.2, -0.15) is 0 Å². The van der Waals surface area contributed by atoms with Gasteiger partial charge in [0.1, 0.15) is 32.9 Å². The largest absolute Gasteiger partial charge is 1.00 e. The van der Waals surface area contributed by atoms with Crippen LogP contribution >= 0.6 is 44.3 Å². The van der Waals surface area contributed by atoms with Gasteiger partial charge < -0.3 is 123 Å². The Kier molecular flexibility index (Phi) is 82.5. The number of allylic oxidation sites excluding steroid dienone is 2. The van der Waals surface area contributed by atoms with Crippen molar-refractivity contribution >= 4 is 289 Å². The summed E-state index contributed by atoms with van der Waals surface area (Å²) in [4.78, 5) is 107. The molecule has 0 radical (unpaired) electrons. The first-order valence-corrected chi connectivity index (χ1v) is 124. The molecule has 0 saturated heterocycles. The molecule has 0 aliphatic carbocycles. The second-order valence-corrected chi connectivity index (χ2v) is 151. The van der Waals surface area contributed by atoms with E-state index in [9.17, 15) is 43.2 Å². The third-order valence-electron chi connectivity index (χ3n) is 20.7. The minimum atomic E-state index is -4.32. The van der Waals surface area contributed by atoms with E-state index in [1.807, 2.05) is 105 Å². The predicted molar refractivity (Wildman–Crippen MR) is 674 cm³/mol. The zero-order valence-corrected chi connectivity index (χ0v) is 130. The number of nitrogens with zero attached hydrogens (tertiary/aromatic N) is 2. The summed E-state index contributed by atoms with van der Waals surface area (Å²) in [5.74, 6) is -0.313. The van der Waals surface area contributed by atoms with E-state index < -0.39 is 226 Å². The molecule has 0 aromatic rings. The number of nitrogens with one attached hydrogen (secondary N) is 2. The van der Waals surface area contributed by atoms with Gasteiger partial charge in [-0.1, -0.05) is 173 Å². The van der Waals surface area contributed by atoms with Crippen molar-refractivity contribution in [3.63, 3.8) is 0 Å². The summed E-state index contributed by atoms with van der Waals surface area (Å²) < 4.78 is 116.